The monoisotopic (exact) mass is 256 g/mol. The summed E-state index contributed by atoms with van der Waals surface area (Å²) in [6.45, 7) is 0. The second kappa shape index (κ2) is 3.50. The number of hydrogen-bond donors (Lipinski definition) is 0. The van der Waals surface area contributed by atoms with Crippen LogP contribution in [0.25, 0.3) is 10.2 Å². The number of rotatable bonds is 3. The first-order chi connectivity index (χ1) is 8.81. The highest BCUT2D eigenvalue weighted by Gasteiger charge is 2.45. The minimum atomic E-state index is -0.264. The van der Waals surface area contributed by atoms with Crippen molar-refractivity contribution in [3.8, 4) is 0 Å². The largest absolute Gasteiger partial charge is 0.241 e. The Kier molecular flexibility index (Phi) is 2.02. The molecule has 4 rings (SSSR count). The molecule has 0 unspecified atom stereocenters. The average molecular weight is 256 g/mol. The summed E-state index contributed by atoms with van der Waals surface area (Å²) in [6.07, 6.45) is 6.20. The summed E-state index contributed by atoms with van der Waals surface area (Å²) in [5, 5.41) is 1.27. The van der Waals surface area contributed by atoms with E-state index >= 15 is 0 Å². The van der Waals surface area contributed by atoms with Crippen LogP contribution >= 0.6 is 11.3 Å². The van der Waals surface area contributed by atoms with E-state index in [0.717, 1.165) is 23.9 Å². The van der Waals surface area contributed by atoms with Crippen LogP contribution in [0.4, 0.5) is 0 Å². The van der Waals surface area contributed by atoms with Crippen LogP contribution in [0.1, 0.15) is 42.2 Å². The number of nitrogens with zero attached hydrogens (tertiary/aromatic N) is 2. The van der Waals surface area contributed by atoms with Gasteiger partial charge in [-0.3, -0.25) is 0 Å². The van der Waals surface area contributed by atoms with E-state index in [9.17, 15) is 4.79 Å². The Morgan fingerprint density at radius 2 is 2.22 bits per heavy atom. The molecule has 1 heterocycles. The number of aromatic nitrogens is 1. The average Bonchev–Trinajstić information content (AvgIpc) is 3.28. The van der Waals surface area contributed by atoms with Crippen molar-refractivity contribution < 1.29 is 4.79 Å². The number of isocyanates is 1. The Balaban J connectivity index is 1.81. The third kappa shape index (κ3) is 1.53. The molecule has 4 heteroatoms. The molecule has 2 fully saturated rings. The molecular formula is C14H12N2OS. The van der Waals surface area contributed by atoms with Gasteiger partial charge < -0.3 is 0 Å². The number of aliphatic imine (C=N–C) groups is 1. The van der Waals surface area contributed by atoms with E-state index in [0.29, 0.717) is 5.92 Å². The molecule has 0 saturated heterocycles. The second-order valence-electron chi connectivity index (χ2n) is 5.24. The summed E-state index contributed by atoms with van der Waals surface area (Å²) >= 11 is 1.79. The van der Waals surface area contributed by atoms with Gasteiger partial charge in [0.2, 0.25) is 6.08 Å². The van der Waals surface area contributed by atoms with Crippen LogP contribution in [0.3, 0.4) is 0 Å². The van der Waals surface area contributed by atoms with Crippen molar-refractivity contribution in [3.05, 3.63) is 28.8 Å². The van der Waals surface area contributed by atoms with Gasteiger partial charge in [-0.05, 0) is 43.4 Å². The van der Waals surface area contributed by atoms with Gasteiger partial charge in [-0.25, -0.2) is 9.78 Å². The molecule has 18 heavy (non-hydrogen) atoms. The topological polar surface area (TPSA) is 42.3 Å². The Morgan fingerprint density at radius 1 is 1.39 bits per heavy atom. The lowest BCUT2D eigenvalue weighted by atomic mass is 10.1. The van der Waals surface area contributed by atoms with Crippen LogP contribution in [0.2, 0.25) is 0 Å². The van der Waals surface area contributed by atoms with Crippen LogP contribution in [0.5, 0.6) is 0 Å². The lowest BCUT2D eigenvalue weighted by Gasteiger charge is -2.06. The molecule has 3 nitrogen and oxygen atoms in total. The Labute approximate surface area is 109 Å². The fourth-order valence-corrected chi connectivity index (χ4v) is 3.58. The summed E-state index contributed by atoms with van der Waals surface area (Å²) in [5.41, 5.74) is 1.96. The second-order valence-corrected chi connectivity index (χ2v) is 6.31. The molecule has 0 spiro atoms. The number of hydrogen-bond acceptors (Lipinski definition) is 4. The molecule has 0 N–H and O–H groups in total. The van der Waals surface area contributed by atoms with Crippen LogP contribution in [-0.4, -0.2) is 11.1 Å². The number of thiazole rings is 1. The van der Waals surface area contributed by atoms with Gasteiger partial charge in [-0.1, -0.05) is 6.07 Å². The number of benzene rings is 1. The van der Waals surface area contributed by atoms with Gasteiger partial charge in [0.05, 0.1) is 20.8 Å². The third-order valence-electron chi connectivity index (χ3n) is 3.85. The standard InChI is InChI=1S/C14H12N2OS/c17-8-15-14(5-6-14)10-3-4-11-12(7-10)18-13(16-11)9-1-2-9/h3-4,7,9H,1-2,5-6H2. The maximum absolute atomic E-state index is 10.5. The normalized spacial score (nSPS) is 20.7. The van der Waals surface area contributed by atoms with Crippen molar-refractivity contribution in [2.24, 2.45) is 4.99 Å². The zero-order chi connectivity index (χ0) is 12.2. The van der Waals surface area contributed by atoms with Crippen molar-refractivity contribution >= 4 is 27.6 Å². The van der Waals surface area contributed by atoms with E-state index in [1.165, 1.54) is 22.5 Å². The van der Waals surface area contributed by atoms with Crippen molar-refractivity contribution in [2.45, 2.75) is 37.1 Å². The van der Waals surface area contributed by atoms with Gasteiger partial charge in [0.15, 0.2) is 0 Å². The lowest BCUT2D eigenvalue weighted by molar-refractivity contribution is 0.556. The van der Waals surface area contributed by atoms with Crippen LogP contribution in [0, 0.1) is 0 Å². The first kappa shape index (κ1) is 10.4. The number of fused-ring (bicyclic) bond motifs is 1. The Hall–Kier alpha value is -1.51. The van der Waals surface area contributed by atoms with Gasteiger partial charge in [-0.15, -0.1) is 11.3 Å². The first-order valence-corrected chi connectivity index (χ1v) is 7.12. The Bertz CT molecular complexity index is 676. The molecule has 0 bridgehead atoms. The number of carbonyl (C=O) groups excluding carboxylic acids is 1. The molecule has 2 aliphatic rings. The van der Waals surface area contributed by atoms with Crippen molar-refractivity contribution in [1.29, 1.82) is 0 Å². The van der Waals surface area contributed by atoms with E-state index in [-0.39, 0.29) is 5.54 Å². The molecule has 2 saturated carbocycles. The van der Waals surface area contributed by atoms with Gasteiger partial charge in [-0.2, -0.15) is 4.99 Å². The molecule has 2 aromatic rings. The van der Waals surface area contributed by atoms with E-state index in [1.807, 2.05) is 0 Å². The minimum absolute atomic E-state index is 0.264. The summed E-state index contributed by atoms with van der Waals surface area (Å²) in [7, 11) is 0. The van der Waals surface area contributed by atoms with Gasteiger partial charge >= 0.3 is 0 Å². The predicted molar refractivity (Wildman–Crippen MR) is 70.6 cm³/mol. The fraction of sp³-hybridized carbons (Fsp3) is 0.429. The molecule has 0 aliphatic heterocycles. The zero-order valence-corrected chi connectivity index (χ0v) is 10.7. The summed E-state index contributed by atoms with van der Waals surface area (Å²) in [4.78, 5) is 19.2. The Morgan fingerprint density at radius 3 is 2.89 bits per heavy atom. The molecule has 2 aliphatic carbocycles. The van der Waals surface area contributed by atoms with Gasteiger partial charge in [0, 0.05) is 5.92 Å². The van der Waals surface area contributed by atoms with E-state index < -0.39 is 0 Å². The summed E-state index contributed by atoms with van der Waals surface area (Å²) in [6, 6.07) is 6.28. The van der Waals surface area contributed by atoms with Crippen LogP contribution in [0.15, 0.2) is 23.2 Å². The van der Waals surface area contributed by atoms with Gasteiger partial charge in [0.25, 0.3) is 0 Å². The smallest absolute Gasteiger partial charge is 0.235 e. The van der Waals surface area contributed by atoms with Crippen molar-refractivity contribution in [3.63, 3.8) is 0 Å². The molecule has 0 radical (unpaired) electrons. The first-order valence-electron chi connectivity index (χ1n) is 6.31. The van der Waals surface area contributed by atoms with Crippen molar-refractivity contribution in [1.82, 2.24) is 4.98 Å². The lowest BCUT2D eigenvalue weighted by Crippen LogP contribution is -2.01. The fourth-order valence-electron chi connectivity index (χ4n) is 2.41. The van der Waals surface area contributed by atoms with Crippen LogP contribution in [-0.2, 0) is 10.3 Å². The van der Waals surface area contributed by atoms with E-state index in [4.69, 9.17) is 0 Å². The van der Waals surface area contributed by atoms with Gasteiger partial charge in [0.1, 0.15) is 0 Å². The third-order valence-corrected chi connectivity index (χ3v) is 5.03. The highest BCUT2D eigenvalue weighted by atomic mass is 32.1. The highest BCUT2D eigenvalue weighted by Crippen LogP contribution is 2.50. The van der Waals surface area contributed by atoms with E-state index in [2.05, 4.69) is 28.2 Å². The molecule has 0 atom stereocenters. The quantitative estimate of drug-likeness (QED) is 0.623. The van der Waals surface area contributed by atoms with Crippen LogP contribution < -0.4 is 0 Å². The molecular weight excluding hydrogens is 244 g/mol. The SMILES string of the molecule is O=C=NC1(c2ccc3nc(C4CC4)sc3c2)CC1. The molecule has 1 aromatic carbocycles. The molecule has 1 aromatic heterocycles. The maximum Gasteiger partial charge on any atom is 0.235 e. The van der Waals surface area contributed by atoms with E-state index in [1.54, 1.807) is 17.4 Å². The van der Waals surface area contributed by atoms with Crippen molar-refractivity contribution in [2.75, 3.05) is 0 Å². The maximum atomic E-state index is 10.5. The predicted octanol–water partition coefficient (Wildman–Crippen LogP) is 3.50. The minimum Gasteiger partial charge on any atom is -0.241 e. The zero-order valence-electron chi connectivity index (χ0n) is 9.85. The molecule has 90 valence electrons. The summed E-state index contributed by atoms with van der Waals surface area (Å²) < 4.78 is 1.22. The molecule has 0 amide bonds. The summed E-state index contributed by atoms with van der Waals surface area (Å²) in [5.74, 6) is 0.703. The highest BCUT2D eigenvalue weighted by molar-refractivity contribution is 7.18.